The van der Waals surface area contributed by atoms with Gasteiger partial charge >= 0.3 is 0 Å². The lowest BCUT2D eigenvalue weighted by Crippen LogP contribution is -1.90. The molecule has 2 rings (SSSR count). The van der Waals surface area contributed by atoms with Crippen molar-refractivity contribution in [2.24, 2.45) is 0 Å². The van der Waals surface area contributed by atoms with Crippen LogP contribution in [0.1, 0.15) is 25.7 Å². The van der Waals surface area contributed by atoms with Gasteiger partial charge in [0.15, 0.2) is 0 Å². The topological polar surface area (TPSA) is 0 Å². The monoisotopic (exact) mass is 392 g/mol. The van der Waals surface area contributed by atoms with Crippen molar-refractivity contribution in [3.63, 3.8) is 0 Å². The van der Waals surface area contributed by atoms with Crippen molar-refractivity contribution < 1.29 is 0 Å². The van der Waals surface area contributed by atoms with Gasteiger partial charge in [-0.2, -0.15) is 0 Å². The van der Waals surface area contributed by atoms with Crippen LogP contribution in [0.3, 0.4) is 0 Å². The summed E-state index contributed by atoms with van der Waals surface area (Å²) >= 11 is 15.2. The minimum absolute atomic E-state index is 0.204. The molecule has 1 unspecified atom stereocenters. The van der Waals surface area contributed by atoms with Gasteiger partial charge in [-0.25, -0.2) is 0 Å². The van der Waals surface area contributed by atoms with Crippen LogP contribution in [0.25, 0.3) is 0 Å². The van der Waals surface area contributed by atoms with E-state index >= 15 is 0 Å². The number of hydrogen-bond donors (Lipinski definition) is 0. The molecule has 0 saturated heterocycles. The number of aryl methyl sites for hydroxylation is 2. The molecule has 0 saturated carbocycles. The van der Waals surface area contributed by atoms with Crippen molar-refractivity contribution in [3.8, 4) is 0 Å². The zero-order chi connectivity index (χ0) is 12.6. The smallest absolute Gasteiger partial charge is 0.0739 e. The fraction of sp³-hybridized carbons (Fsp3) is 0.231. The van der Waals surface area contributed by atoms with Gasteiger partial charge in [-0.05, 0) is 59.1 Å². The molecule has 1 heterocycles. The highest BCUT2D eigenvalue weighted by Gasteiger charge is 2.15. The normalized spacial score (nSPS) is 12.8. The van der Waals surface area contributed by atoms with Crippen LogP contribution >= 0.6 is 54.8 Å². The van der Waals surface area contributed by atoms with Crippen LogP contribution in [0.4, 0.5) is 0 Å². The third-order valence-corrected chi connectivity index (χ3v) is 6.23. The molecule has 1 aromatic heterocycles. The Morgan fingerprint density at radius 2 is 1.88 bits per heavy atom. The van der Waals surface area contributed by atoms with Crippen LogP contribution in [-0.2, 0) is 0 Å². The molecular weight excluding hydrogens is 383 g/mol. The SMILES string of the molecule is Cc1cc(Cl)cc(C(Br)c2cc(Br)c(C)s2)c1. The van der Waals surface area contributed by atoms with Gasteiger partial charge in [0.2, 0.25) is 0 Å². The first-order chi connectivity index (χ1) is 7.97. The minimum atomic E-state index is 0.204. The maximum absolute atomic E-state index is 6.09. The number of benzene rings is 1. The van der Waals surface area contributed by atoms with Crippen LogP contribution in [0.15, 0.2) is 28.7 Å². The maximum atomic E-state index is 6.09. The highest BCUT2D eigenvalue weighted by atomic mass is 79.9. The predicted octanol–water partition coefficient (Wildman–Crippen LogP) is 6.27. The summed E-state index contributed by atoms with van der Waals surface area (Å²) in [6, 6.07) is 8.31. The average molecular weight is 395 g/mol. The number of thiophene rings is 1. The second-order valence-electron chi connectivity index (χ2n) is 3.98. The first kappa shape index (κ1) is 13.6. The lowest BCUT2D eigenvalue weighted by atomic mass is 10.1. The predicted molar refractivity (Wildman–Crippen MR) is 83.7 cm³/mol. The van der Waals surface area contributed by atoms with E-state index in [0.29, 0.717) is 0 Å². The molecule has 0 aliphatic rings. The van der Waals surface area contributed by atoms with Crippen molar-refractivity contribution in [1.29, 1.82) is 0 Å². The zero-order valence-corrected chi connectivity index (χ0v) is 14.2. The molecule has 0 nitrogen and oxygen atoms in total. The standard InChI is InChI=1S/C13H11Br2ClS/c1-7-3-9(5-10(16)4-7)13(15)12-6-11(14)8(2)17-12/h3-6,13H,1-2H3. The van der Waals surface area contributed by atoms with Gasteiger partial charge in [0.05, 0.1) is 4.83 Å². The Hall–Kier alpha value is 0.170. The van der Waals surface area contributed by atoms with Crippen molar-refractivity contribution >= 4 is 54.8 Å². The van der Waals surface area contributed by atoms with Gasteiger partial charge in [0, 0.05) is 19.2 Å². The van der Waals surface area contributed by atoms with E-state index in [1.807, 2.05) is 12.1 Å². The number of rotatable bonds is 2. The highest BCUT2D eigenvalue weighted by Crippen LogP contribution is 2.39. The summed E-state index contributed by atoms with van der Waals surface area (Å²) < 4.78 is 1.17. The fourth-order valence-corrected chi connectivity index (χ4v) is 4.22. The Balaban J connectivity index is 2.39. The lowest BCUT2D eigenvalue weighted by molar-refractivity contribution is 1.21. The molecule has 90 valence electrons. The number of hydrogen-bond acceptors (Lipinski definition) is 1. The van der Waals surface area contributed by atoms with E-state index in [-0.39, 0.29) is 4.83 Å². The Labute approximate surface area is 127 Å². The van der Waals surface area contributed by atoms with E-state index in [1.165, 1.54) is 25.4 Å². The molecule has 1 aromatic carbocycles. The summed E-state index contributed by atoms with van der Waals surface area (Å²) in [6.07, 6.45) is 0. The molecule has 0 fully saturated rings. The van der Waals surface area contributed by atoms with Gasteiger partial charge in [-0.1, -0.05) is 33.6 Å². The van der Waals surface area contributed by atoms with Crippen LogP contribution < -0.4 is 0 Å². The number of halogens is 3. The molecule has 0 N–H and O–H groups in total. The van der Waals surface area contributed by atoms with E-state index in [1.54, 1.807) is 11.3 Å². The highest BCUT2D eigenvalue weighted by molar-refractivity contribution is 9.10. The quantitative estimate of drug-likeness (QED) is 0.527. The zero-order valence-electron chi connectivity index (χ0n) is 9.43. The van der Waals surface area contributed by atoms with Crippen molar-refractivity contribution in [1.82, 2.24) is 0 Å². The Morgan fingerprint density at radius 3 is 2.41 bits per heavy atom. The van der Waals surface area contributed by atoms with Gasteiger partial charge in [0.1, 0.15) is 0 Å². The van der Waals surface area contributed by atoms with E-state index in [2.05, 4.69) is 57.8 Å². The second-order valence-corrected chi connectivity index (χ2v) is 7.47. The van der Waals surface area contributed by atoms with Crippen LogP contribution in [0.2, 0.25) is 5.02 Å². The second kappa shape index (κ2) is 5.43. The Kier molecular flexibility index (Phi) is 4.35. The van der Waals surface area contributed by atoms with Crippen LogP contribution in [0, 0.1) is 13.8 Å². The Morgan fingerprint density at radius 1 is 1.18 bits per heavy atom. The summed E-state index contributed by atoms with van der Waals surface area (Å²) in [6.45, 7) is 4.17. The van der Waals surface area contributed by atoms with E-state index in [0.717, 1.165) is 5.02 Å². The summed E-state index contributed by atoms with van der Waals surface area (Å²) in [5.74, 6) is 0. The van der Waals surface area contributed by atoms with Gasteiger partial charge < -0.3 is 0 Å². The fourth-order valence-electron chi connectivity index (χ4n) is 1.68. The molecule has 0 radical (unpaired) electrons. The summed E-state index contributed by atoms with van der Waals surface area (Å²) in [4.78, 5) is 2.79. The molecule has 0 amide bonds. The summed E-state index contributed by atoms with van der Waals surface area (Å²) in [7, 11) is 0. The third kappa shape index (κ3) is 3.14. The summed E-state index contributed by atoms with van der Waals surface area (Å²) in [5.41, 5.74) is 2.38. The molecular formula is C13H11Br2ClS. The minimum Gasteiger partial charge on any atom is -0.143 e. The molecule has 0 spiro atoms. The van der Waals surface area contributed by atoms with Crippen LogP contribution in [0.5, 0.6) is 0 Å². The molecule has 2 aromatic rings. The first-order valence-corrected chi connectivity index (χ1v) is 8.04. The Bertz CT molecular complexity index is 509. The molecule has 0 aliphatic heterocycles. The average Bonchev–Trinajstić information content (AvgIpc) is 2.57. The largest absolute Gasteiger partial charge is 0.143 e. The van der Waals surface area contributed by atoms with Gasteiger partial charge in [-0.15, -0.1) is 11.3 Å². The van der Waals surface area contributed by atoms with Crippen molar-refractivity contribution in [2.45, 2.75) is 18.7 Å². The maximum Gasteiger partial charge on any atom is 0.0739 e. The van der Waals surface area contributed by atoms with Gasteiger partial charge in [0.25, 0.3) is 0 Å². The molecule has 0 bridgehead atoms. The number of alkyl halides is 1. The summed E-state index contributed by atoms with van der Waals surface area (Å²) in [5, 5.41) is 0.789. The van der Waals surface area contributed by atoms with Crippen molar-refractivity contribution in [2.75, 3.05) is 0 Å². The van der Waals surface area contributed by atoms with E-state index < -0.39 is 0 Å². The molecule has 0 aliphatic carbocycles. The lowest BCUT2D eigenvalue weighted by Gasteiger charge is -2.09. The van der Waals surface area contributed by atoms with Gasteiger partial charge in [-0.3, -0.25) is 0 Å². The molecule has 4 heteroatoms. The van der Waals surface area contributed by atoms with Crippen molar-refractivity contribution in [3.05, 3.63) is 54.6 Å². The molecule has 17 heavy (non-hydrogen) atoms. The van der Waals surface area contributed by atoms with E-state index in [9.17, 15) is 0 Å². The molecule has 1 atom stereocenters. The van der Waals surface area contributed by atoms with Crippen LogP contribution in [-0.4, -0.2) is 0 Å². The van der Waals surface area contributed by atoms with E-state index in [4.69, 9.17) is 11.6 Å². The third-order valence-electron chi connectivity index (χ3n) is 2.48. The first-order valence-electron chi connectivity index (χ1n) is 5.14.